The number of rotatable bonds is 7. The Balaban J connectivity index is 3.88. The van der Waals surface area contributed by atoms with Crippen LogP contribution in [0.5, 0.6) is 0 Å². The Bertz CT molecular complexity index is 206. The topological polar surface area (TPSA) is 66.8 Å². The van der Waals surface area contributed by atoms with Crippen molar-refractivity contribution < 1.29 is 19.7 Å². The molecule has 0 radical (unpaired) electrons. The number of ether oxygens (including phenoxy) is 1. The van der Waals surface area contributed by atoms with E-state index >= 15 is 0 Å². The molecular weight excluding hydrogens is 264 g/mol. The average Bonchev–Trinajstić information content (AvgIpc) is 2.22. The molecule has 0 aromatic carbocycles. The highest BCUT2D eigenvalue weighted by atomic mass is 79.9. The summed E-state index contributed by atoms with van der Waals surface area (Å²) in [7, 11) is 0. The van der Waals surface area contributed by atoms with Gasteiger partial charge in [-0.15, -0.1) is 0 Å². The van der Waals surface area contributed by atoms with Gasteiger partial charge in [-0.2, -0.15) is 0 Å². The summed E-state index contributed by atoms with van der Waals surface area (Å²) in [6.45, 7) is 2.12. The standard InChI is InChI=1S/C10H17BrO4/c1-2-15-10(14)6-5-8(11)9(13)4-3-7-12/h5-6,8-9,12-13H,2-4,7H2,1H3/b6-5+/t8-,9+/m0/s1. The van der Waals surface area contributed by atoms with Crippen LogP contribution in [-0.2, 0) is 9.53 Å². The first-order valence-electron chi connectivity index (χ1n) is 4.89. The SMILES string of the molecule is CCOC(=O)/C=C/[C@H](Br)[C@H](O)CCCO. The van der Waals surface area contributed by atoms with E-state index in [4.69, 9.17) is 5.11 Å². The first kappa shape index (κ1) is 14.6. The second kappa shape index (κ2) is 8.88. The van der Waals surface area contributed by atoms with Crippen molar-refractivity contribution >= 4 is 21.9 Å². The highest BCUT2D eigenvalue weighted by molar-refractivity contribution is 9.09. The average molecular weight is 281 g/mol. The van der Waals surface area contributed by atoms with Gasteiger partial charge in [-0.3, -0.25) is 0 Å². The fraction of sp³-hybridized carbons (Fsp3) is 0.700. The third-order valence-electron chi connectivity index (χ3n) is 1.73. The van der Waals surface area contributed by atoms with Crippen molar-refractivity contribution in [3.63, 3.8) is 0 Å². The van der Waals surface area contributed by atoms with Gasteiger partial charge in [0.1, 0.15) is 0 Å². The Morgan fingerprint density at radius 3 is 2.80 bits per heavy atom. The van der Waals surface area contributed by atoms with E-state index in [0.717, 1.165) is 0 Å². The predicted molar refractivity (Wildman–Crippen MR) is 60.8 cm³/mol. The summed E-state index contributed by atoms with van der Waals surface area (Å²) in [4.78, 5) is 10.6. The van der Waals surface area contributed by atoms with E-state index in [1.165, 1.54) is 6.08 Å². The van der Waals surface area contributed by atoms with E-state index in [0.29, 0.717) is 19.4 Å². The molecule has 0 rings (SSSR count). The summed E-state index contributed by atoms with van der Waals surface area (Å²) in [6.07, 6.45) is 3.24. The molecule has 0 bridgehead atoms. The summed E-state index contributed by atoms with van der Waals surface area (Å²) in [5, 5.41) is 18.1. The van der Waals surface area contributed by atoms with Crippen LogP contribution >= 0.6 is 15.9 Å². The fourth-order valence-corrected chi connectivity index (χ4v) is 1.37. The van der Waals surface area contributed by atoms with Crippen LogP contribution in [-0.4, -0.2) is 40.3 Å². The zero-order valence-corrected chi connectivity index (χ0v) is 10.3. The fourth-order valence-electron chi connectivity index (χ4n) is 0.949. The van der Waals surface area contributed by atoms with Crippen LogP contribution in [0.4, 0.5) is 0 Å². The number of halogens is 1. The van der Waals surface area contributed by atoms with Crippen LogP contribution < -0.4 is 0 Å². The number of hydrogen-bond donors (Lipinski definition) is 2. The highest BCUT2D eigenvalue weighted by Crippen LogP contribution is 2.12. The number of carbonyl (C=O) groups is 1. The maximum Gasteiger partial charge on any atom is 0.330 e. The molecule has 2 atom stereocenters. The molecular formula is C10H17BrO4. The molecule has 0 aromatic heterocycles. The molecule has 0 saturated heterocycles. The van der Waals surface area contributed by atoms with Gasteiger partial charge in [-0.05, 0) is 19.8 Å². The highest BCUT2D eigenvalue weighted by Gasteiger charge is 2.12. The number of aliphatic hydroxyl groups excluding tert-OH is 2. The molecule has 2 N–H and O–H groups in total. The Kier molecular flexibility index (Phi) is 8.65. The zero-order chi connectivity index (χ0) is 11.7. The summed E-state index contributed by atoms with van der Waals surface area (Å²) >= 11 is 3.23. The molecule has 5 heteroatoms. The third kappa shape index (κ3) is 7.53. The smallest absolute Gasteiger partial charge is 0.330 e. The lowest BCUT2D eigenvalue weighted by Crippen LogP contribution is -2.19. The van der Waals surface area contributed by atoms with Crippen LogP contribution in [0.25, 0.3) is 0 Å². The quantitative estimate of drug-likeness (QED) is 0.415. The molecule has 0 spiro atoms. The lowest BCUT2D eigenvalue weighted by Gasteiger charge is -2.12. The molecule has 0 saturated carbocycles. The van der Waals surface area contributed by atoms with Gasteiger partial charge in [0.2, 0.25) is 0 Å². The zero-order valence-electron chi connectivity index (χ0n) is 8.73. The largest absolute Gasteiger partial charge is 0.463 e. The van der Waals surface area contributed by atoms with Gasteiger partial charge in [0.05, 0.1) is 17.5 Å². The monoisotopic (exact) mass is 280 g/mol. The van der Waals surface area contributed by atoms with Crippen molar-refractivity contribution in [3.05, 3.63) is 12.2 Å². The summed E-state index contributed by atoms with van der Waals surface area (Å²) < 4.78 is 4.68. The molecule has 0 heterocycles. The molecule has 0 fully saturated rings. The number of hydrogen-bond acceptors (Lipinski definition) is 4. The Morgan fingerprint density at radius 2 is 2.27 bits per heavy atom. The molecule has 0 amide bonds. The second-order valence-electron chi connectivity index (χ2n) is 2.99. The van der Waals surface area contributed by atoms with E-state index in [2.05, 4.69) is 20.7 Å². The van der Waals surface area contributed by atoms with Gasteiger partial charge < -0.3 is 14.9 Å². The molecule has 0 aliphatic heterocycles. The van der Waals surface area contributed by atoms with Crippen molar-refractivity contribution in [1.29, 1.82) is 0 Å². The van der Waals surface area contributed by atoms with Crippen LogP contribution in [0.1, 0.15) is 19.8 Å². The number of esters is 1. The van der Waals surface area contributed by atoms with E-state index in [-0.39, 0.29) is 11.4 Å². The minimum Gasteiger partial charge on any atom is -0.463 e. The van der Waals surface area contributed by atoms with Gasteiger partial charge in [0.15, 0.2) is 0 Å². The van der Waals surface area contributed by atoms with E-state index in [1.807, 2.05) is 0 Å². The molecule has 88 valence electrons. The molecule has 0 aromatic rings. The maximum absolute atomic E-state index is 10.9. The Morgan fingerprint density at radius 1 is 1.60 bits per heavy atom. The minimum atomic E-state index is -0.608. The molecule has 0 aliphatic carbocycles. The number of aliphatic hydroxyl groups is 2. The number of carbonyl (C=O) groups excluding carboxylic acids is 1. The molecule has 4 nitrogen and oxygen atoms in total. The predicted octanol–water partition coefficient (Wildman–Crippen LogP) is 1.00. The minimum absolute atomic E-state index is 0.0539. The van der Waals surface area contributed by atoms with Crippen LogP contribution in [0.15, 0.2) is 12.2 Å². The van der Waals surface area contributed by atoms with Crippen molar-refractivity contribution in [2.75, 3.05) is 13.2 Å². The first-order valence-corrected chi connectivity index (χ1v) is 5.81. The van der Waals surface area contributed by atoms with Gasteiger partial charge in [0.25, 0.3) is 0 Å². The van der Waals surface area contributed by atoms with Crippen LogP contribution in [0.3, 0.4) is 0 Å². The Hall–Kier alpha value is -0.390. The van der Waals surface area contributed by atoms with Crippen LogP contribution in [0, 0.1) is 0 Å². The second-order valence-corrected chi connectivity index (χ2v) is 4.05. The van der Waals surface area contributed by atoms with E-state index in [9.17, 15) is 9.90 Å². The number of alkyl halides is 1. The van der Waals surface area contributed by atoms with E-state index < -0.39 is 12.1 Å². The summed E-state index contributed by atoms with van der Waals surface area (Å²) in [6, 6.07) is 0. The molecule has 0 unspecified atom stereocenters. The van der Waals surface area contributed by atoms with Crippen molar-refractivity contribution in [2.45, 2.75) is 30.7 Å². The summed E-state index contributed by atoms with van der Waals surface area (Å²) in [5.41, 5.74) is 0. The van der Waals surface area contributed by atoms with Gasteiger partial charge in [-0.1, -0.05) is 22.0 Å². The van der Waals surface area contributed by atoms with E-state index in [1.54, 1.807) is 13.0 Å². The van der Waals surface area contributed by atoms with Crippen molar-refractivity contribution in [3.8, 4) is 0 Å². The lowest BCUT2D eigenvalue weighted by atomic mass is 10.1. The van der Waals surface area contributed by atoms with Gasteiger partial charge in [-0.25, -0.2) is 4.79 Å². The molecule has 15 heavy (non-hydrogen) atoms. The van der Waals surface area contributed by atoms with Crippen LogP contribution in [0.2, 0.25) is 0 Å². The normalized spacial score (nSPS) is 15.2. The first-order chi connectivity index (χ1) is 7.11. The Labute approximate surface area is 98.1 Å². The van der Waals surface area contributed by atoms with Gasteiger partial charge >= 0.3 is 5.97 Å². The lowest BCUT2D eigenvalue weighted by molar-refractivity contribution is -0.137. The maximum atomic E-state index is 10.9. The van der Waals surface area contributed by atoms with Crippen molar-refractivity contribution in [2.24, 2.45) is 0 Å². The molecule has 0 aliphatic rings. The summed E-state index contributed by atoms with van der Waals surface area (Å²) in [5.74, 6) is -0.420. The van der Waals surface area contributed by atoms with Gasteiger partial charge in [0, 0.05) is 12.7 Å². The third-order valence-corrected chi connectivity index (χ3v) is 2.64. The van der Waals surface area contributed by atoms with Crippen molar-refractivity contribution in [1.82, 2.24) is 0 Å².